The van der Waals surface area contributed by atoms with Gasteiger partial charge in [-0.3, -0.25) is 9.48 Å². The SMILES string of the molecule is CNC(=O)c1cnc(Cl)cc1Nc1cc(COCc2cccc(N)n2)cc(-c2ncn(C)n2)c1OC. The summed E-state index contributed by atoms with van der Waals surface area (Å²) in [6.07, 6.45) is 3.01. The topological polar surface area (TPSA) is 142 Å². The highest BCUT2D eigenvalue weighted by Crippen LogP contribution is 2.39. The van der Waals surface area contributed by atoms with Crippen molar-refractivity contribution < 1.29 is 14.3 Å². The van der Waals surface area contributed by atoms with Crippen molar-refractivity contribution in [1.29, 1.82) is 0 Å². The molecular weight excluding hydrogens is 484 g/mol. The zero-order valence-electron chi connectivity index (χ0n) is 19.9. The van der Waals surface area contributed by atoms with Gasteiger partial charge >= 0.3 is 0 Å². The van der Waals surface area contributed by atoms with Crippen LogP contribution in [0.25, 0.3) is 11.4 Å². The molecule has 1 amide bonds. The molecule has 0 atom stereocenters. The lowest BCUT2D eigenvalue weighted by Crippen LogP contribution is -2.19. The van der Waals surface area contributed by atoms with Gasteiger partial charge in [-0.05, 0) is 35.9 Å². The van der Waals surface area contributed by atoms with Crippen molar-refractivity contribution in [2.75, 3.05) is 25.2 Å². The van der Waals surface area contributed by atoms with E-state index in [1.54, 1.807) is 44.3 Å². The van der Waals surface area contributed by atoms with E-state index in [0.717, 1.165) is 11.3 Å². The average Bonchev–Trinajstić information content (AvgIpc) is 3.29. The maximum absolute atomic E-state index is 12.4. The second kappa shape index (κ2) is 11.0. The lowest BCUT2D eigenvalue weighted by Gasteiger charge is -2.18. The molecule has 0 aliphatic carbocycles. The summed E-state index contributed by atoms with van der Waals surface area (Å²) in [5, 5.41) is 10.5. The van der Waals surface area contributed by atoms with Crippen LogP contribution < -0.4 is 21.1 Å². The lowest BCUT2D eigenvalue weighted by atomic mass is 10.1. The van der Waals surface area contributed by atoms with Gasteiger partial charge in [-0.25, -0.2) is 15.0 Å². The number of benzene rings is 1. The zero-order chi connectivity index (χ0) is 25.7. The number of halogens is 1. The number of pyridine rings is 2. The fourth-order valence-electron chi connectivity index (χ4n) is 3.56. The van der Waals surface area contributed by atoms with Crippen molar-refractivity contribution in [3.05, 3.63) is 70.9 Å². The maximum atomic E-state index is 12.4. The molecule has 0 saturated heterocycles. The number of rotatable bonds is 9. The van der Waals surface area contributed by atoms with Gasteiger partial charge in [0.1, 0.15) is 17.3 Å². The number of hydrogen-bond acceptors (Lipinski definition) is 9. The minimum atomic E-state index is -0.318. The van der Waals surface area contributed by atoms with E-state index in [4.69, 9.17) is 26.8 Å². The van der Waals surface area contributed by atoms with E-state index < -0.39 is 0 Å². The Bertz CT molecular complexity index is 1390. The summed E-state index contributed by atoms with van der Waals surface area (Å²) in [6.45, 7) is 0.534. The third kappa shape index (κ3) is 5.70. The highest BCUT2D eigenvalue weighted by molar-refractivity contribution is 6.29. The van der Waals surface area contributed by atoms with Crippen LogP contribution in [0.3, 0.4) is 0 Å². The van der Waals surface area contributed by atoms with E-state index in [2.05, 4.69) is 30.7 Å². The van der Waals surface area contributed by atoms with Crippen LogP contribution in [0.2, 0.25) is 5.15 Å². The Hall–Kier alpha value is -4.22. The Morgan fingerprint density at radius 3 is 2.69 bits per heavy atom. The Labute approximate surface area is 212 Å². The lowest BCUT2D eigenvalue weighted by molar-refractivity contribution is 0.0963. The van der Waals surface area contributed by atoms with Gasteiger partial charge in [0.2, 0.25) is 0 Å². The summed E-state index contributed by atoms with van der Waals surface area (Å²) in [4.78, 5) is 25.1. The molecule has 1 aromatic carbocycles. The number of hydrogen-bond donors (Lipinski definition) is 3. The molecule has 4 aromatic rings. The minimum absolute atomic E-state index is 0.227. The number of aryl methyl sites for hydroxylation is 1. The Kier molecular flexibility index (Phi) is 7.62. The van der Waals surface area contributed by atoms with Crippen molar-refractivity contribution >= 4 is 34.7 Å². The first-order valence-corrected chi connectivity index (χ1v) is 11.3. The van der Waals surface area contributed by atoms with Crippen LogP contribution >= 0.6 is 11.6 Å². The van der Waals surface area contributed by atoms with Gasteiger partial charge in [0, 0.05) is 20.3 Å². The number of nitrogens with two attached hydrogens (primary N) is 1. The summed E-state index contributed by atoms with van der Waals surface area (Å²) in [7, 11) is 4.87. The second-order valence-electron chi connectivity index (χ2n) is 7.77. The monoisotopic (exact) mass is 508 g/mol. The molecule has 4 rings (SSSR count). The van der Waals surface area contributed by atoms with Gasteiger partial charge in [-0.1, -0.05) is 17.7 Å². The predicted molar refractivity (Wildman–Crippen MR) is 136 cm³/mol. The van der Waals surface area contributed by atoms with Crippen LogP contribution in [0.5, 0.6) is 5.75 Å². The number of carbonyl (C=O) groups is 1. The van der Waals surface area contributed by atoms with Gasteiger partial charge in [-0.15, -0.1) is 0 Å². The van der Waals surface area contributed by atoms with Crippen LogP contribution in [0.4, 0.5) is 17.2 Å². The zero-order valence-corrected chi connectivity index (χ0v) is 20.7. The molecule has 36 heavy (non-hydrogen) atoms. The molecule has 3 aromatic heterocycles. The first-order chi connectivity index (χ1) is 17.4. The highest BCUT2D eigenvalue weighted by Gasteiger charge is 2.19. The van der Waals surface area contributed by atoms with Gasteiger partial charge in [-0.2, -0.15) is 5.10 Å². The average molecular weight is 509 g/mol. The number of ether oxygens (including phenoxy) is 2. The molecule has 3 heterocycles. The highest BCUT2D eigenvalue weighted by atomic mass is 35.5. The number of anilines is 3. The molecule has 0 fully saturated rings. The molecule has 12 heteroatoms. The van der Waals surface area contributed by atoms with Crippen LogP contribution in [0.1, 0.15) is 21.6 Å². The Morgan fingerprint density at radius 2 is 2.00 bits per heavy atom. The molecule has 11 nitrogen and oxygen atoms in total. The maximum Gasteiger partial charge on any atom is 0.254 e. The largest absolute Gasteiger partial charge is 0.494 e. The van der Waals surface area contributed by atoms with Gasteiger partial charge in [0.05, 0.1) is 48.5 Å². The van der Waals surface area contributed by atoms with Crippen molar-refractivity contribution in [2.45, 2.75) is 13.2 Å². The number of amides is 1. The van der Waals surface area contributed by atoms with E-state index in [9.17, 15) is 4.79 Å². The molecule has 0 aliphatic heterocycles. The summed E-state index contributed by atoms with van der Waals surface area (Å²) in [5.74, 6) is 1.06. The van der Waals surface area contributed by atoms with Crippen molar-refractivity contribution in [1.82, 2.24) is 30.0 Å². The van der Waals surface area contributed by atoms with Gasteiger partial charge < -0.3 is 25.8 Å². The number of nitrogen functional groups attached to an aromatic ring is 1. The van der Waals surface area contributed by atoms with E-state index in [0.29, 0.717) is 39.9 Å². The Morgan fingerprint density at radius 1 is 1.17 bits per heavy atom. The molecule has 0 bridgehead atoms. The van der Waals surface area contributed by atoms with E-state index in [1.807, 2.05) is 24.3 Å². The first kappa shape index (κ1) is 24.9. The quantitative estimate of drug-likeness (QED) is 0.290. The van der Waals surface area contributed by atoms with E-state index in [1.165, 1.54) is 6.20 Å². The van der Waals surface area contributed by atoms with Crippen LogP contribution in [-0.2, 0) is 25.0 Å². The number of nitrogens with zero attached hydrogens (tertiary/aromatic N) is 5. The summed E-state index contributed by atoms with van der Waals surface area (Å²) >= 11 is 6.13. The Balaban J connectivity index is 1.72. The van der Waals surface area contributed by atoms with Gasteiger partial charge in [0.25, 0.3) is 5.91 Å². The number of nitrogens with one attached hydrogen (secondary N) is 2. The number of carbonyl (C=O) groups excluding carboxylic acids is 1. The fourth-order valence-corrected chi connectivity index (χ4v) is 3.72. The summed E-state index contributed by atoms with van der Waals surface area (Å²) in [5.41, 5.74) is 9.27. The van der Waals surface area contributed by atoms with Crippen LogP contribution in [0.15, 0.2) is 48.9 Å². The van der Waals surface area contributed by atoms with Crippen LogP contribution in [-0.4, -0.2) is 44.8 Å². The van der Waals surface area contributed by atoms with Crippen molar-refractivity contribution in [3.8, 4) is 17.1 Å². The minimum Gasteiger partial charge on any atom is -0.494 e. The molecule has 0 unspecified atom stereocenters. The van der Waals surface area contributed by atoms with E-state index in [-0.39, 0.29) is 24.3 Å². The van der Waals surface area contributed by atoms with Crippen molar-refractivity contribution in [3.63, 3.8) is 0 Å². The van der Waals surface area contributed by atoms with E-state index >= 15 is 0 Å². The number of methoxy groups -OCH3 is 1. The third-order valence-corrected chi connectivity index (χ3v) is 5.36. The van der Waals surface area contributed by atoms with Crippen molar-refractivity contribution in [2.24, 2.45) is 7.05 Å². The second-order valence-corrected chi connectivity index (χ2v) is 8.16. The molecule has 4 N–H and O–H groups in total. The molecule has 0 radical (unpaired) electrons. The predicted octanol–water partition coefficient (Wildman–Crippen LogP) is 3.34. The smallest absolute Gasteiger partial charge is 0.254 e. The fraction of sp³-hybridized carbons (Fsp3) is 0.208. The first-order valence-electron chi connectivity index (χ1n) is 10.9. The molecule has 186 valence electrons. The normalized spacial score (nSPS) is 10.8. The summed E-state index contributed by atoms with van der Waals surface area (Å²) in [6, 6.07) is 10.7. The summed E-state index contributed by atoms with van der Waals surface area (Å²) < 4.78 is 13.3. The standard InChI is InChI=1S/C24H25ClN8O3/c1-27-24(34)17-10-28-20(25)9-18(17)31-19-8-14(11-36-12-15-5-4-6-21(26)30-15)7-16(22(19)35-3)23-29-13-33(2)32-23/h4-10,13H,11-12H2,1-3H3,(H2,26,30)(H,27,34)(H,28,31). The molecule has 0 saturated carbocycles. The molecular formula is C24H25ClN8O3. The number of aromatic nitrogens is 5. The van der Waals surface area contributed by atoms with Gasteiger partial charge in [0.15, 0.2) is 11.6 Å². The molecule has 0 spiro atoms. The molecule has 0 aliphatic rings. The third-order valence-electron chi connectivity index (χ3n) is 5.15. The van der Waals surface area contributed by atoms with Crippen LogP contribution in [0, 0.1) is 0 Å².